The van der Waals surface area contributed by atoms with Crippen LogP contribution in [0.15, 0.2) is 27.6 Å². The Bertz CT molecular complexity index is 649. The molecule has 2 aromatic rings. The Morgan fingerprint density at radius 2 is 1.91 bits per heavy atom. The van der Waals surface area contributed by atoms with E-state index in [1.807, 2.05) is 18.2 Å². The van der Waals surface area contributed by atoms with E-state index in [-0.39, 0.29) is 5.41 Å². The van der Waals surface area contributed by atoms with Crippen molar-refractivity contribution in [2.45, 2.75) is 43.3 Å². The number of hydrogen-bond donors (Lipinski definition) is 0. The summed E-state index contributed by atoms with van der Waals surface area (Å²) < 4.78 is 16.6. The molecule has 0 N–H and O–H groups in total. The van der Waals surface area contributed by atoms with E-state index in [9.17, 15) is 0 Å². The van der Waals surface area contributed by atoms with Gasteiger partial charge >= 0.3 is 0 Å². The molecule has 0 atom stereocenters. The van der Waals surface area contributed by atoms with Crippen LogP contribution in [0.1, 0.15) is 38.9 Å². The molecule has 22 heavy (non-hydrogen) atoms. The molecule has 0 saturated carbocycles. The Morgan fingerprint density at radius 3 is 2.64 bits per heavy atom. The molecular weight excluding hydrogens is 300 g/mol. The molecule has 0 amide bonds. The number of aromatic nitrogens is 2. The lowest BCUT2D eigenvalue weighted by molar-refractivity contribution is 0.297. The molecule has 0 fully saturated rings. The molecule has 118 valence electrons. The van der Waals surface area contributed by atoms with Crippen LogP contribution in [0.5, 0.6) is 11.5 Å². The third-order valence-electron chi connectivity index (χ3n) is 3.22. The minimum absolute atomic E-state index is 0.0956. The summed E-state index contributed by atoms with van der Waals surface area (Å²) in [5, 5.41) is 4.04. The predicted molar refractivity (Wildman–Crippen MR) is 84.6 cm³/mol. The molecule has 1 aliphatic rings. The Hall–Kier alpha value is -1.69. The van der Waals surface area contributed by atoms with E-state index in [1.54, 1.807) is 11.8 Å². The normalized spacial score (nSPS) is 14.7. The summed E-state index contributed by atoms with van der Waals surface area (Å²) in [6.45, 7) is 7.60. The first-order chi connectivity index (χ1) is 10.5. The molecule has 0 saturated heterocycles. The van der Waals surface area contributed by atoms with Gasteiger partial charge in [-0.2, -0.15) is 4.98 Å². The van der Waals surface area contributed by atoms with Gasteiger partial charge in [-0.3, -0.25) is 0 Å². The highest BCUT2D eigenvalue weighted by Crippen LogP contribution is 2.34. The third kappa shape index (κ3) is 3.55. The van der Waals surface area contributed by atoms with E-state index in [0.717, 1.165) is 28.6 Å². The maximum Gasteiger partial charge on any atom is 0.237 e. The third-order valence-corrected chi connectivity index (χ3v) is 4.20. The number of rotatable bonds is 3. The predicted octanol–water partition coefficient (Wildman–Crippen LogP) is 3.82. The highest BCUT2D eigenvalue weighted by atomic mass is 32.2. The summed E-state index contributed by atoms with van der Waals surface area (Å²) in [6.07, 6.45) is 0.911. The fourth-order valence-electron chi connectivity index (χ4n) is 2.00. The van der Waals surface area contributed by atoms with Gasteiger partial charge in [-0.1, -0.05) is 25.9 Å². The number of hydrogen-bond acceptors (Lipinski definition) is 6. The van der Waals surface area contributed by atoms with Crippen molar-refractivity contribution in [2.75, 3.05) is 13.2 Å². The van der Waals surface area contributed by atoms with Gasteiger partial charge < -0.3 is 14.0 Å². The van der Waals surface area contributed by atoms with E-state index in [2.05, 4.69) is 30.9 Å². The molecule has 3 rings (SSSR count). The minimum Gasteiger partial charge on any atom is -0.490 e. The van der Waals surface area contributed by atoms with Gasteiger partial charge in [-0.05, 0) is 18.2 Å². The molecule has 1 aromatic carbocycles. The van der Waals surface area contributed by atoms with Crippen LogP contribution >= 0.6 is 11.8 Å². The van der Waals surface area contributed by atoms with Gasteiger partial charge in [0.05, 0.1) is 19.0 Å². The Labute approximate surface area is 134 Å². The average molecular weight is 320 g/mol. The standard InChI is InChI=1S/C16H20N2O3S/c1-16(2,3)15-17-14(21-18-15)10-22-11-5-6-12-13(9-11)20-8-4-7-19-12/h5-6,9H,4,7-8,10H2,1-3H3. The number of nitrogens with zero attached hydrogens (tertiary/aromatic N) is 2. The molecule has 5 nitrogen and oxygen atoms in total. The van der Waals surface area contributed by atoms with E-state index in [0.29, 0.717) is 24.9 Å². The quantitative estimate of drug-likeness (QED) is 0.801. The topological polar surface area (TPSA) is 57.4 Å². The summed E-state index contributed by atoms with van der Waals surface area (Å²) >= 11 is 1.65. The number of fused-ring (bicyclic) bond motifs is 1. The largest absolute Gasteiger partial charge is 0.490 e. The van der Waals surface area contributed by atoms with Gasteiger partial charge in [0.2, 0.25) is 5.89 Å². The lowest BCUT2D eigenvalue weighted by Crippen LogP contribution is -2.13. The van der Waals surface area contributed by atoms with Crippen LogP contribution in [0.3, 0.4) is 0 Å². The van der Waals surface area contributed by atoms with Gasteiger partial charge in [-0.25, -0.2) is 0 Å². The van der Waals surface area contributed by atoms with Crippen LogP contribution in [0, 0.1) is 0 Å². The van der Waals surface area contributed by atoms with Crippen molar-refractivity contribution in [3.8, 4) is 11.5 Å². The maximum absolute atomic E-state index is 5.70. The van der Waals surface area contributed by atoms with E-state index in [1.165, 1.54) is 0 Å². The first-order valence-electron chi connectivity index (χ1n) is 7.38. The fraction of sp³-hybridized carbons (Fsp3) is 0.500. The van der Waals surface area contributed by atoms with E-state index < -0.39 is 0 Å². The van der Waals surface area contributed by atoms with Gasteiger partial charge in [0.25, 0.3) is 0 Å². The van der Waals surface area contributed by atoms with Crippen LogP contribution in [-0.4, -0.2) is 23.4 Å². The highest BCUT2D eigenvalue weighted by molar-refractivity contribution is 7.98. The number of thioether (sulfide) groups is 1. The molecule has 1 aromatic heterocycles. The van der Waals surface area contributed by atoms with Crippen molar-refractivity contribution < 1.29 is 14.0 Å². The first kappa shape index (κ1) is 15.2. The van der Waals surface area contributed by atoms with Crippen molar-refractivity contribution in [1.82, 2.24) is 10.1 Å². The summed E-state index contributed by atoms with van der Waals surface area (Å²) in [4.78, 5) is 5.54. The molecule has 0 radical (unpaired) electrons. The summed E-state index contributed by atoms with van der Waals surface area (Å²) in [5.41, 5.74) is -0.0956. The van der Waals surface area contributed by atoms with Crippen molar-refractivity contribution in [1.29, 1.82) is 0 Å². The maximum atomic E-state index is 5.70. The van der Waals surface area contributed by atoms with Crippen LogP contribution in [0.25, 0.3) is 0 Å². The molecule has 6 heteroatoms. The zero-order valence-electron chi connectivity index (χ0n) is 13.1. The van der Waals surface area contributed by atoms with Crippen molar-refractivity contribution in [3.63, 3.8) is 0 Å². The zero-order chi connectivity index (χ0) is 15.6. The van der Waals surface area contributed by atoms with Crippen LogP contribution in [0.2, 0.25) is 0 Å². The molecule has 0 bridgehead atoms. The molecule has 1 aliphatic heterocycles. The van der Waals surface area contributed by atoms with Gasteiger partial charge in [-0.15, -0.1) is 11.8 Å². The zero-order valence-corrected chi connectivity index (χ0v) is 13.9. The molecular formula is C16H20N2O3S. The van der Waals surface area contributed by atoms with Gasteiger partial charge in [0.1, 0.15) is 0 Å². The second-order valence-electron chi connectivity index (χ2n) is 6.21. The Morgan fingerprint density at radius 1 is 1.14 bits per heavy atom. The molecule has 0 unspecified atom stereocenters. The van der Waals surface area contributed by atoms with Crippen molar-refractivity contribution in [3.05, 3.63) is 29.9 Å². The SMILES string of the molecule is CC(C)(C)c1noc(CSc2ccc3c(c2)OCCCO3)n1. The van der Waals surface area contributed by atoms with Gasteiger partial charge in [0.15, 0.2) is 17.3 Å². The van der Waals surface area contributed by atoms with E-state index >= 15 is 0 Å². The average Bonchev–Trinajstić information content (AvgIpc) is 2.84. The fourth-order valence-corrected chi connectivity index (χ4v) is 2.76. The van der Waals surface area contributed by atoms with Gasteiger partial charge in [0, 0.05) is 16.7 Å². The first-order valence-corrected chi connectivity index (χ1v) is 8.36. The lowest BCUT2D eigenvalue weighted by Gasteiger charge is -2.10. The van der Waals surface area contributed by atoms with Crippen LogP contribution in [-0.2, 0) is 11.2 Å². The van der Waals surface area contributed by atoms with Crippen molar-refractivity contribution >= 4 is 11.8 Å². The number of ether oxygens (including phenoxy) is 2. The summed E-state index contributed by atoms with van der Waals surface area (Å²) in [5.74, 6) is 3.64. The lowest BCUT2D eigenvalue weighted by atomic mass is 9.96. The summed E-state index contributed by atoms with van der Waals surface area (Å²) in [6, 6.07) is 5.99. The second-order valence-corrected chi connectivity index (χ2v) is 7.26. The summed E-state index contributed by atoms with van der Waals surface area (Å²) in [7, 11) is 0. The van der Waals surface area contributed by atoms with Crippen LogP contribution in [0.4, 0.5) is 0 Å². The second kappa shape index (κ2) is 6.20. The van der Waals surface area contributed by atoms with Crippen molar-refractivity contribution in [2.24, 2.45) is 0 Å². The monoisotopic (exact) mass is 320 g/mol. The molecule has 2 heterocycles. The van der Waals surface area contributed by atoms with E-state index in [4.69, 9.17) is 14.0 Å². The Kier molecular flexibility index (Phi) is 4.29. The molecule has 0 aliphatic carbocycles. The minimum atomic E-state index is -0.0956. The number of benzene rings is 1. The molecule has 0 spiro atoms. The highest BCUT2D eigenvalue weighted by Gasteiger charge is 2.21. The Balaban J connectivity index is 1.66. The smallest absolute Gasteiger partial charge is 0.237 e. The van der Waals surface area contributed by atoms with Crippen LogP contribution < -0.4 is 9.47 Å².